The summed E-state index contributed by atoms with van der Waals surface area (Å²) >= 11 is 1.21. The smallest absolute Gasteiger partial charge is 0.345 e. The van der Waals surface area contributed by atoms with E-state index in [4.69, 9.17) is 11.0 Å². The first-order chi connectivity index (χ1) is 15.7. The number of nitrogens with zero attached hydrogens (tertiary/aromatic N) is 4. The lowest BCUT2D eigenvalue weighted by molar-refractivity contribution is -0.128. The molecule has 12 heteroatoms. The number of amides is 1. The van der Waals surface area contributed by atoms with E-state index >= 15 is 0 Å². The molecule has 1 amide bonds. The number of pyridine rings is 2. The van der Waals surface area contributed by atoms with Crippen molar-refractivity contribution in [1.82, 2.24) is 9.97 Å². The van der Waals surface area contributed by atoms with Gasteiger partial charge in [-0.25, -0.2) is 9.37 Å². The third-order valence-corrected chi connectivity index (χ3v) is 6.01. The molecule has 2 aromatic heterocycles. The second-order valence-electron chi connectivity index (χ2n) is 7.40. The maximum absolute atomic E-state index is 14.1. The van der Waals surface area contributed by atoms with Crippen molar-refractivity contribution in [2.75, 3.05) is 11.9 Å². The van der Waals surface area contributed by atoms with Gasteiger partial charge in [0.1, 0.15) is 6.07 Å². The Kier molecular flexibility index (Phi) is 8.24. The molecule has 174 valence electrons. The molecule has 0 aliphatic carbocycles. The van der Waals surface area contributed by atoms with Crippen molar-refractivity contribution in [3.63, 3.8) is 0 Å². The van der Waals surface area contributed by atoms with Crippen molar-refractivity contribution in [3.8, 4) is 6.07 Å². The summed E-state index contributed by atoms with van der Waals surface area (Å²) in [7, 11) is 0. The first-order valence-electron chi connectivity index (χ1n) is 9.96. The molecule has 0 saturated carbocycles. The highest BCUT2D eigenvalue weighted by Crippen LogP contribution is 2.30. The molecule has 0 saturated heterocycles. The van der Waals surface area contributed by atoms with E-state index in [1.54, 1.807) is 18.2 Å². The van der Waals surface area contributed by atoms with Gasteiger partial charge in [0, 0.05) is 29.0 Å². The van der Waals surface area contributed by atoms with Crippen LogP contribution in [0.5, 0.6) is 0 Å². The molecule has 0 bridgehead atoms. The van der Waals surface area contributed by atoms with E-state index in [0.717, 1.165) is 12.3 Å². The van der Waals surface area contributed by atoms with Crippen molar-refractivity contribution in [2.45, 2.75) is 37.7 Å². The zero-order valence-corrected chi connectivity index (χ0v) is 18.4. The summed E-state index contributed by atoms with van der Waals surface area (Å²) in [6.45, 7) is -1.13. The molecular weight excluding hydrogens is 457 g/mol. The van der Waals surface area contributed by atoms with Crippen molar-refractivity contribution < 1.29 is 22.7 Å². The molecule has 3 rings (SSSR count). The quantitative estimate of drug-likeness (QED) is 0.625. The van der Waals surface area contributed by atoms with Gasteiger partial charge in [-0.2, -0.15) is 14.0 Å². The summed E-state index contributed by atoms with van der Waals surface area (Å²) in [4.78, 5) is 24.9. The molecule has 8 nitrogen and oxygen atoms in total. The molecule has 3 N–H and O–H groups in total. The SMILES string of the molecule is C[C@@H]1N=C(N)S[C@H](COC(F)F)C[C@@H]1Cc1cc(NC(=O)c2ncc(C#N)cc2F)ccn1. The van der Waals surface area contributed by atoms with Crippen LogP contribution in [0, 0.1) is 23.1 Å². The Morgan fingerprint density at radius 1 is 1.42 bits per heavy atom. The van der Waals surface area contributed by atoms with Crippen molar-refractivity contribution in [1.29, 1.82) is 5.26 Å². The predicted molar refractivity (Wildman–Crippen MR) is 117 cm³/mol. The fourth-order valence-corrected chi connectivity index (χ4v) is 4.48. The van der Waals surface area contributed by atoms with E-state index in [1.165, 1.54) is 18.0 Å². The van der Waals surface area contributed by atoms with E-state index in [1.807, 2.05) is 6.92 Å². The van der Waals surface area contributed by atoms with Crippen LogP contribution in [0.4, 0.5) is 18.9 Å². The summed E-state index contributed by atoms with van der Waals surface area (Å²) in [6, 6.07) is 5.70. The normalized spacial score (nSPS) is 20.6. The predicted octanol–water partition coefficient (Wildman–Crippen LogP) is 3.35. The van der Waals surface area contributed by atoms with Gasteiger partial charge in [-0.3, -0.25) is 14.8 Å². The fourth-order valence-electron chi connectivity index (χ4n) is 3.42. The van der Waals surface area contributed by atoms with E-state index in [-0.39, 0.29) is 29.4 Å². The molecule has 33 heavy (non-hydrogen) atoms. The number of ether oxygens (including phenoxy) is 1. The van der Waals surface area contributed by atoms with Crippen LogP contribution in [0.1, 0.15) is 35.1 Å². The average molecular weight is 479 g/mol. The van der Waals surface area contributed by atoms with Crippen LogP contribution in [0.25, 0.3) is 0 Å². The number of carbonyl (C=O) groups excluding carboxylic acids is 1. The third-order valence-electron chi connectivity index (χ3n) is 5.01. The average Bonchev–Trinajstić information content (AvgIpc) is 2.89. The number of amidine groups is 1. The first-order valence-corrected chi connectivity index (χ1v) is 10.8. The molecular formula is C21H21F3N6O2S. The number of carbonyl (C=O) groups is 1. The molecule has 0 fully saturated rings. The van der Waals surface area contributed by atoms with Crippen LogP contribution >= 0.6 is 11.8 Å². The number of alkyl halides is 2. The molecule has 0 aromatic carbocycles. The minimum Gasteiger partial charge on any atom is -0.379 e. The standard InChI is InChI=1S/C21H21F3N6O2S/c1-11-13(6-16(10-32-20(23)24)33-21(26)29-11)5-15-7-14(2-3-27-15)30-19(31)18-17(22)4-12(8-25)9-28-18/h2-4,7,9,11,13,16,20H,5-6,10H2,1H3,(H2,26,29)(H,27,30,31)/t11-,13-,16-/m0/s1. The summed E-state index contributed by atoms with van der Waals surface area (Å²) in [6.07, 6.45) is 3.60. The number of aliphatic imine (C=N–C) groups is 1. The lowest BCUT2D eigenvalue weighted by Crippen LogP contribution is -2.24. The van der Waals surface area contributed by atoms with E-state index in [2.05, 4.69) is 25.0 Å². The van der Waals surface area contributed by atoms with Crippen LogP contribution < -0.4 is 11.1 Å². The monoisotopic (exact) mass is 478 g/mol. The van der Waals surface area contributed by atoms with Crippen molar-refractivity contribution in [3.05, 3.63) is 53.4 Å². The van der Waals surface area contributed by atoms with Gasteiger partial charge >= 0.3 is 6.61 Å². The molecule has 1 aliphatic rings. The molecule has 2 aromatic rings. The number of anilines is 1. The van der Waals surface area contributed by atoms with Gasteiger partial charge in [0.15, 0.2) is 16.7 Å². The third kappa shape index (κ3) is 6.90. The number of nitrogens with two attached hydrogens (primary N) is 1. The van der Waals surface area contributed by atoms with Gasteiger partial charge in [-0.05, 0) is 43.9 Å². The molecule has 3 heterocycles. The lowest BCUT2D eigenvalue weighted by Gasteiger charge is -2.22. The maximum atomic E-state index is 14.1. The molecule has 1 aliphatic heterocycles. The molecule has 0 unspecified atom stereocenters. The Morgan fingerprint density at radius 3 is 2.91 bits per heavy atom. The molecule has 0 spiro atoms. The van der Waals surface area contributed by atoms with Gasteiger partial charge in [0.05, 0.1) is 18.2 Å². The number of hydrogen-bond donors (Lipinski definition) is 2. The second-order valence-corrected chi connectivity index (χ2v) is 8.72. The Bertz CT molecular complexity index is 1080. The summed E-state index contributed by atoms with van der Waals surface area (Å²) in [5.74, 6) is -1.73. The zero-order valence-electron chi connectivity index (χ0n) is 17.5. The highest BCUT2D eigenvalue weighted by atomic mass is 32.2. The summed E-state index contributed by atoms with van der Waals surface area (Å²) < 4.78 is 43.5. The second kappa shape index (κ2) is 11.1. The van der Waals surface area contributed by atoms with Gasteiger partial charge in [0.2, 0.25) is 0 Å². The number of nitrogens with one attached hydrogen (secondary N) is 1. The number of rotatable bonds is 7. The van der Waals surface area contributed by atoms with Gasteiger partial charge in [0.25, 0.3) is 5.91 Å². The van der Waals surface area contributed by atoms with Crippen LogP contribution in [-0.2, 0) is 11.2 Å². The summed E-state index contributed by atoms with van der Waals surface area (Å²) in [5.41, 5.74) is 6.48. The minimum atomic E-state index is -2.86. The topological polar surface area (TPSA) is 126 Å². The largest absolute Gasteiger partial charge is 0.379 e. The van der Waals surface area contributed by atoms with E-state index < -0.39 is 24.0 Å². The maximum Gasteiger partial charge on any atom is 0.345 e. The number of hydrogen-bond acceptors (Lipinski definition) is 8. The van der Waals surface area contributed by atoms with Crippen molar-refractivity contribution >= 4 is 28.5 Å². The van der Waals surface area contributed by atoms with Crippen molar-refractivity contribution in [2.24, 2.45) is 16.6 Å². The van der Waals surface area contributed by atoms with Gasteiger partial charge in [-0.15, -0.1) is 0 Å². The Labute approximate surface area is 192 Å². The zero-order chi connectivity index (χ0) is 24.0. The highest BCUT2D eigenvalue weighted by molar-refractivity contribution is 8.14. The van der Waals surface area contributed by atoms with Crippen LogP contribution in [0.15, 0.2) is 35.6 Å². The summed E-state index contributed by atoms with van der Waals surface area (Å²) in [5, 5.41) is 11.4. The Balaban J connectivity index is 1.71. The Hall–Kier alpha value is -3.17. The fraction of sp³-hybridized carbons (Fsp3) is 0.381. The number of aromatic nitrogens is 2. The van der Waals surface area contributed by atoms with E-state index in [0.29, 0.717) is 29.4 Å². The van der Waals surface area contributed by atoms with Gasteiger partial charge < -0.3 is 15.8 Å². The highest BCUT2D eigenvalue weighted by Gasteiger charge is 2.28. The van der Waals surface area contributed by atoms with Crippen LogP contribution in [0.3, 0.4) is 0 Å². The molecule has 0 radical (unpaired) electrons. The Morgan fingerprint density at radius 2 is 2.21 bits per heavy atom. The van der Waals surface area contributed by atoms with Crippen LogP contribution in [0.2, 0.25) is 0 Å². The van der Waals surface area contributed by atoms with Crippen LogP contribution in [-0.4, -0.2) is 45.6 Å². The number of thioether (sulfide) groups is 1. The van der Waals surface area contributed by atoms with Gasteiger partial charge in [-0.1, -0.05) is 11.8 Å². The number of nitriles is 1. The molecule has 3 atom stereocenters. The minimum absolute atomic E-state index is 0.00600. The lowest BCUT2D eigenvalue weighted by atomic mass is 9.91. The number of halogens is 3. The van der Waals surface area contributed by atoms with E-state index in [9.17, 15) is 18.0 Å². The first kappa shape index (κ1) is 24.5.